The Balaban J connectivity index is 1.53. The van der Waals surface area contributed by atoms with Crippen LogP contribution in [0.5, 0.6) is 0 Å². The molecule has 1 aliphatic rings. The molecule has 8 heteroatoms. The first-order chi connectivity index (χ1) is 11.2. The molecule has 3 heterocycles. The minimum atomic E-state index is 0.550. The highest BCUT2D eigenvalue weighted by molar-refractivity contribution is 5.79. The monoisotopic (exact) mass is 317 g/mol. The van der Waals surface area contributed by atoms with Gasteiger partial charge in [-0.2, -0.15) is 0 Å². The topological polar surface area (TPSA) is 84.4 Å². The molecule has 0 aliphatic carbocycles. The van der Waals surface area contributed by atoms with Gasteiger partial charge in [-0.05, 0) is 19.3 Å². The van der Waals surface area contributed by atoms with Gasteiger partial charge in [-0.15, -0.1) is 10.2 Å². The first-order valence-electron chi connectivity index (χ1n) is 7.87. The van der Waals surface area contributed by atoms with Crippen LogP contribution in [0.3, 0.4) is 0 Å². The Kier molecular flexibility index (Phi) is 4.59. The number of guanidine groups is 1. The van der Waals surface area contributed by atoms with E-state index in [1.807, 2.05) is 24.9 Å². The Morgan fingerprint density at radius 2 is 2.39 bits per heavy atom. The van der Waals surface area contributed by atoms with Crippen LogP contribution in [0.1, 0.15) is 23.8 Å². The number of rotatable bonds is 4. The van der Waals surface area contributed by atoms with Crippen molar-refractivity contribution in [2.75, 3.05) is 20.6 Å². The van der Waals surface area contributed by atoms with Crippen molar-refractivity contribution in [1.29, 1.82) is 0 Å². The van der Waals surface area contributed by atoms with Crippen molar-refractivity contribution in [3.63, 3.8) is 0 Å². The molecule has 0 fully saturated rings. The second-order valence-electron chi connectivity index (χ2n) is 5.95. The molecule has 1 N–H and O–H groups in total. The van der Waals surface area contributed by atoms with E-state index in [1.54, 1.807) is 13.3 Å². The first kappa shape index (κ1) is 15.5. The van der Waals surface area contributed by atoms with Crippen LogP contribution in [-0.2, 0) is 19.5 Å². The normalized spacial score (nSPS) is 17.9. The number of aryl methyl sites for hydroxylation is 2. The van der Waals surface area contributed by atoms with Gasteiger partial charge in [-0.3, -0.25) is 4.99 Å². The summed E-state index contributed by atoms with van der Waals surface area (Å²) in [5.74, 6) is 3.51. The molecule has 1 unspecified atom stereocenters. The molecular formula is C15H23N7O. The second kappa shape index (κ2) is 6.80. The van der Waals surface area contributed by atoms with E-state index in [4.69, 9.17) is 4.52 Å². The number of aliphatic imine (C=N–C) groups is 1. The number of hydrogen-bond acceptors (Lipinski definition) is 5. The highest BCUT2D eigenvalue weighted by Gasteiger charge is 2.22. The molecule has 8 nitrogen and oxygen atoms in total. The Morgan fingerprint density at radius 1 is 1.52 bits per heavy atom. The molecular weight excluding hydrogens is 294 g/mol. The maximum atomic E-state index is 4.87. The summed E-state index contributed by atoms with van der Waals surface area (Å²) in [5, 5.41) is 15.8. The minimum Gasteiger partial charge on any atom is -0.364 e. The van der Waals surface area contributed by atoms with Crippen molar-refractivity contribution >= 4 is 5.96 Å². The molecule has 124 valence electrons. The predicted molar refractivity (Wildman–Crippen MR) is 85.9 cm³/mol. The third-order valence-corrected chi connectivity index (χ3v) is 4.24. The Hall–Kier alpha value is -2.38. The molecule has 0 saturated carbocycles. The average Bonchev–Trinajstić information content (AvgIpc) is 3.18. The summed E-state index contributed by atoms with van der Waals surface area (Å²) in [6.45, 7) is 4.52. The van der Waals surface area contributed by atoms with Gasteiger partial charge in [0.15, 0.2) is 5.96 Å². The number of fused-ring (bicyclic) bond motifs is 1. The van der Waals surface area contributed by atoms with Crippen molar-refractivity contribution in [1.82, 2.24) is 30.1 Å². The molecule has 0 bridgehead atoms. The summed E-state index contributed by atoms with van der Waals surface area (Å²) in [4.78, 5) is 6.38. The number of hydrogen-bond donors (Lipinski definition) is 1. The summed E-state index contributed by atoms with van der Waals surface area (Å²) < 4.78 is 7.09. The SMILES string of the molecule is CN=C(NCC1CCc2nnc(C)n2C1)N(C)Cc1ccon1. The van der Waals surface area contributed by atoms with E-state index >= 15 is 0 Å². The van der Waals surface area contributed by atoms with Gasteiger partial charge < -0.3 is 19.3 Å². The molecule has 1 aliphatic heterocycles. The second-order valence-corrected chi connectivity index (χ2v) is 5.95. The van der Waals surface area contributed by atoms with Crippen molar-refractivity contribution in [3.8, 4) is 0 Å². The minimum absolute atomic E-state index is 0.550. The summed E-state index contributed by atoms with van der Waals surface area (Å²) in [6, 6.07) is 1.86. The van der Waals surface area contributed by atoms with Gasteiger partial charge in [0.1, 0.15) is 23.6 Å². The van der Waals surface area contributed by atoms with E-state index in [2.05, 4.69) is 30.2 Å². The van der Waals surface area contributed by atoms with Crippen LogP contribution < -0.4 is 5.32 Å². The first-order valence-corrected chi connectivity index (χ1v) is 7.87. The zero-order valence-corrected chi connectivity index (χ0v) is 13.9. The molecule has 0 spiro atoms. The van der Waals surface area contributed by atoms with Crippen LogP contribution >= 0.6 is 0 Å². The van der Waals surface area contributed by atoms with E-state index in [0.29, 0.717) is 12.5 Å². The van der Waals surface area contributed by atoms with Crippen LogP contribution in [0.15, 0.2) is 21.8 Å². The van der Waals surface area contributed by atoms with E-state index in [0.717, 1.165) is 49.2 Å². The number of nitrogens with zero attached hydrogens (tertiary/aromatic N) is 6. The summed E-state index contributed by atoms with van der Waals surface area (Å²) >= 11 is 0. The van der Waals surface area contributed by atoms with Crippen molar-refractivity contribution < 1.29 is 4.52 Å². The standard InChI is InChI=1S/C15H23N7O/c1-11-18-19-14-5-4-12(9-22(11)14)8-17-15(16-2)21(3)10-13-6-7-23-20-13/h6-7,12H,4-5,8-10H2,1-3H3,(H,16,17). The van der Waals surface area contributed by atoms with Crippen molar-refractivity contribution in [2.24, 2.45) is 10.9 Å². The van der Waals surface area contributed by atoms with E-state index in [-0.39, 0.29) is 0 Å². The molecule has 3 rings (SSSR count). The molecule has 23 heavy (non-hydrogen) atoms. The van der Waals surface area contributed by atoms with Crippen LogP contribution in [0.2, 0.25) is 0 Å². The smallest absolute Gasteiger partial charge is 0.193 e. The molecule has 0 aromatic carbocycles. The van der Waals surface area contributed by atoms with E-state index < -0.39 is 0 Å². The van der Waals surface area contributed by atoms with Gasteiger partial charge in [0.25, 0.3) is 0 Å². The van der Waals surface area contributed by atoms with Gasteiger partial charge >= 0.3 is 0 Å². The summed E-state index contributed by atoms with van der Waals surface area (Å²) in [7, 11) is 3.79. The lowest BCUT2D eigenvalue weighted by Gasteiger charge is -2.27. The third kappa shape index (κ3) is 3.52. The van der Waals surface area contributed by atoms with Gasteiger partial charge in [0.2, 0.25) is 0 Å². The number of nitrogens with one attached hydrogen (secondary N) is 1. The predicted octanol–water partition coefficient (Wildman–Crippen LogP) is 0.844. The fraction of sp³-hybridized carbons (Fsp3) is 0.600. The van der Waals surface area contributed by atoms with Crippen LogP contribution in [-0.4, -0.2) is 51.4 Å². The van der Waals surface area contributed by atoms with Crippen LogP contribution in [0.4, 0.5) is 0 Å². The fourth-order valence-corrected chi connectivity index (χ4v) is 2.95. The molecule has 1 atom stereocenters. The Bertz CT molecular complexity index is 661. The lowest BCUT2D eigenvalue weighted by molar-refractivity contribution is 0.350. The largest absolute Gasteiger partial charge is 0.364 e. The zero-order chi connectivity index (χ0) is 16.2. The fourth-order valence-electron chi connectivity index (χ4n) is 2.95. The van der Waals surface area contributed by atoms with Gasteiger partial charge in [-0.25, -0.2) is 0 Å². The van der Waals surface area contributed by atoms with E-state index in [1.165, 1.54) is 0 Å². The van der Waals surface area contributed by atoms with Crippen LogP contribution in [0.25, 0.3) is 0 Å². The lowest BCUT2D eigenvalue weighted by Crippen LogP contribution is -2.42. The highest BCUT2D eigenvalue weighted by Crippen LogP contribution is 2.19. The van der Waals surface area contributed by atoms with Gasteiger partial charge in [0.05, 0.1) is 6.54 Å². The van der Waals surface area contributed by atoms with Gasteiger partial charge in [0, 0.05) is 39.7 Å². The van der Waals surface area contributed by atoms with Crippen molar-refractivity contribution in [3.05, 3.63) is 29.7 Å². The van der Waals surface area contributed by atoms with Gasteiger partial charge in [-0.1, -0.05) is 5.16 Å². The highest BCUT2D eigenvalue weighted by atomic mass is 16.5. The summed E-state index contributed by atoms with van der Waals surface area (Å²) in [6.07, 6.45) is 3.69. The van der Waals surface area contributed by atoms with Crippen molar-refractivity contribution in [2.45, 2.75) is 32.9 Å². The Morgan fingerprint density at radius 3 is 3.13 bits per heavy atom. The van der Waals surface area contributed by atoms with E-state index in [9.17, 15) is 0 Å². The third-order valence-electron chi connectivity index (χ3n) is 4.24. The molecule has 2 aromatic rings. The maximum absolute atomic E-state index is 4.87. The zero-order valence-electron chi connectivity index (χ0n) is 13.9. The molecule has 0 saturated heterocycles. The molecule has 2 aromatic heterocycles. The summed E-state index contributed by atoms with van der Waals surface area (Å²) in [5.41, 5.74) is 0.887. The quantitative estimate of drug-likeness (QED) is 0.664. The average molecular weight is 317 g/mol. The van der Waals surface area contributed by atoms with Crippen LogP contribution in [0, 0.1) is 12.8 Å². The molecule has 0 radical (unpaired) electrons. The molecule has 0 amide bonds. The lowest BCUT2D eigenvalue weighted by atomic mass is 9.99. The number of aromatic nitrogens is 4. The maximum Gasteiger partial charge on any atom is 0.193 e. The Labute approximate surface area is 135 Å².